The fourth-order valence-electron chi connectivity index (χ4n) is 2.91. The Bertz CT molecular complexity index is 1000. The van der Waals surface area contributed by atoms with Crippen molar-refractivity contribution in [2.75, 3.05) is 5.75 Å². The van der Waals surface area contributed by atoms with Crippen molar-refractivity contribution in [3.8, 4) is 0 Å². The Kier molecular flexibility index (Phi) is 4.01. The van der Waals surface area contributed by atoms with E-state index < -0.39 is 6.17 Å². The third-order valence-electron chi connectivity index (χ3n) is 3.94. The zero-order chi connectivity index (χ0) is 17.4. The molecule has 0 aliphatic carbocycles. The average Bonchev–Trinajstić information content (AvgIpc) is 2.61. The van der Waals surface area contributed by atoms with Crippen molar-refractivity contribution in [1.82, 2.24) is 10.3 Å². The molecule has 0 bridgehead atoms. The molecule has 2 aliphatic heterocycles. The Morgan fingerprint density at radius 1 is 1.24 bits per heavy atom. The van der Waals surface area contributed by atoms with Gasteiger partial charge in [0.05, 0.1) is 5.36 Å². The van der Waals surface area contributed by atoms with E-state index in [1.807, 2.05) is 31.2 Å². The van der Waals surface area contributed by atoms with Crippen LogP contribution in [0.5, 0.6) is 0 Å². The SMILES string of the molecule is CCSC1=NN2C(=c3ccccc3=NC2c2cccc(F)c2)C(=O)N1. The highest BCUT2D eigenvalue weighted by atomic mass is 32.2. The Morgan fingerprint density at radius 2 is 2.08 bits per heavy atom. The largest absolute Gasteiger partial charge is 0.298 e. The van der Waals surface area contributed by atoms with E-state index in [1.54, 1.807) is 17.1 Å². The third kappa shape index (κ3) is 2.80. The molecular formula is C18H15FN4OS. The zero-order valence-electron chi connectivity index (χ0n) is 13.4. The summed E-state index contributed by atoms with van der Waals surface area (Å²) >= 11 is 1.44. The number of rotatable bonds is 2. The van der Waals surface area contributed by atoms with Crippen molar-refractivity contribution in [2.45, 2.75) is 13.1 Å². The van der Waals surface area contributed by atoms with E-state index in [1.165, 1.54) is 23.9 Å². The number of carbonyl (C=O) groups excluding carboxylic acids is 1. The van der Waals surface area contributed by atoms with Gasteiger partial charge in [0, 0.05) is 10.8 Å². The van der Waals surface area contributed by atoms with Gasteiger partial charge in [-0.3, -0.25) is 15.1 Å². The number of amides is 1. The third-order valence-corrected chi connectivity index (χ3v) is 4.69. The van der Waals surface area contributed by atoms with Crippen molar-refractivity contribution < 1.29 is 9.18 Å². The van der Waals surface area contributed by atoms with Gasteiger partial charge in [0.25, 0.3) is 5.91 Å². The summed E-state index contributed by atoms with van der Waals surface area (Å²) < 4.78 is 13.7. The van der Waals surface area contributed by atoms with Crippen molar-refractivity contribution in [2.24, 2.45) is 10.1 Å². The molecule has 0 saturated carbocycles. The number of hydrazone groups is 1. The summed E-state index contributed by atoms with van der Waals surface area (Å²) in [5.41, 5.74) is 1.08. The number of amidine groups is 1. The van der Waals surface area contributed by atoms with Crippen LogP contribution in [0.15, 0.2) is 58.6 Å². The van der Waals surface area contributed by atoms with Gasteiger partial charge in [-0.1, -0.05) is 49.0 Å². The summed E-state index contributed by atoms with van der Waals surface area (Å²) in [5.74, 6) is 0.206. The second kappa shape index (κ2) is 6.33. The first-order chi connectivity index (χ1) is 12.2. The van der Waals surface area contributed by atoms with Gasteiger partial charge in [0.1, 0.15) is 11.5 Å². The molecule has 1 amide bonds. The lowest BCUT2D eigenvalue weighted by molar-refractivity contribution is -0.116. The Labute approximate surface area is 147 Å². The van der Waals surface area contributed by atoms with Crippen LogP contribution < -0.4 is 15.9 Å². The molecule has 2 aromatic carbocycles. The molecule has 126 valence electrons. The van der Waals surface area contributed by atoms with Gasteiger partial charge in [-0.2, -0.15) is 0 Å². The Hall–Kier alpha value is -2.67. The first kappa shape index (κ1) is 15.8. The van der Waals surface area contributed by atoms with Gasteiger partial charge < -0.3 is 0 Å². The molecule has 2 aromatic rings. The molecule has 1 N–H and O–H groups in total. The molecule has 0 saturated heterocycles. The average molecular weight is 354 g/mol. The molecule has 4 rings (SSSR count). The van der Waals surface area contributed by atoms with E-state index in [4.69, 9.17) is 4.99 Å². The highest BCUT2D eigenvalue weighted by molar-refractivity contribution is 8.13. The fourth-order valence-corrected chi connectivity index (χ4v) is 3.50. The number of fused-ring (bicyclic) bond motifs is 2. The fraction of sp³-hybridized carbons (Fsp3) is 0.167. The molecule has 0 spiro atoms. The zero-order valence-corrected chi connectivity index (χ0v) is 14.3. The van der Waals surface area contributed by atoms with Crippen LogP contribution >= 0.6 is 11.8 Å². The summed E-state index contributed by atoms with van der Waals surface area (Å²) in [4.78, 5) is 17.4. The molecule has 7 heteroatoms. The molecule has 2 aliphatic rings. The molecule has 2 heterocycles. The van der Waals surface area contributed by atoms with Crippen LogP contribution in [0.2, 0.25) is 0 Å². The molecule has 0 radical (unpaired) electrons. The second-order valence-electron chi connectivity index (χ2n) is 5.56. The van der Waals surface area contributed by atoms with Crippen molar-refractivity contribution in [1.29, 1.82) is 0 Å². The normalized spacial score (nSPS) is 18.7. The summed E-state index contributed by atoms with van der Waals surface area (Å²) in [6, 6.07) is 13.6. The maximum Gasteiger partial charge on any atom is 0.276 e. The van der Waals surface area contributed by atoms with Crippen LogP contribution in [-0.2, 0) is 4.79 Å². The predicted octanol–water partition coefficient (Wildman–Crippen LogP) is 1.72. The lowest BCUT2D eigenvalue weighted by Gasteiger charge is -2.34. The minimum Gasteiger partial charge on any atom is -0.298 e. The van der Waals surface area contributed by atoms with E-state index >= 15 is 0 Å². The molecule has 0 fully saturated rings. The summed E-state index contributed by atoms with van der Waals surface area (Å²) in [7, 11) is 0. The number of nitrogens with zero attached hydrogens (tertiary/aromatic N) is 3. The van der Waals surface area contributed by atoms with Crippen molar-refractivity contribution >= 4 is 28.5 Å². The molecule has 0 aromatic heterocycles. The van der Waals surface area contributed by atoms with Crippen molar-refractivity contribution in [3.63, 3.8) is 0 Å². The van der Waals surface area contributed by atoms with Crippen LogP contribution in [0, 0.1) is 5.82 Å². The summed E-state index contributed by atoms with van der Waals surface area (Å²) in [6.45, 7) is 1.98. The maximum atomic E-state index is 13.7. The number of halogens is 1. The van der Waals surface area contributed by atoms with Gasteiger partial charge in [0.2, 0.25) is 0 Å². The lowest BCUT2D eigenvalue weighted by atomic mass is 10.1. The minimum absolute atomic E-state index is 0.227. The van der Waals surface area contributed by atoms with E-state index in [0.717, 1.165) is 11.0 Å². The van der Waals surface area contributed by atoms with E-state index in [-0.39, 0.29) is 11.7 Å². The Balaban J connectivity index is 1.96. The van der Waals surface area contributed by atoms with Gasteiger partial charge in [-0.15, -0.1) is 5.10 Å². The standard InChI is InChI=1S/C18H15FN4OS/c1-2-25-18-21-17(24)15-13-8-3-4-9-14(13)20-16(23(15)22-18)11-6-5-7-12(19)10-11/h3-10,16H,2H2,1H3,(H,21,22,24). The minimum atomic E-state index is -0.584. The highest BCUT2D eigenvalue weighted by Gasteiger charge is 2.34. The van der Waals surface area contributed by atoms with E-state index in [9.17, 15) is 9.18 Å². The van der Waals surface area contributed by atoms with Crippen LogP contribution in [0.25, 0.3) is 5.70 Å². The number of para-hydroxylation sites is 1. The predicted molar refractivity (Wildman–Crippen MR) is 95.3 cm³/mol. The van der Waals surface area contributed by atoms with Gasteiger partial charge >= 0.3 is 0 Å². The number of benzene rings is 2. The van der Waals surface area contributed by atoms with Gasteiger partial charge in [0.15, 0.2) is 11.3 Å². The first-order valence-corrected chi connectivity index (χ1v) is 8.90. The molecule has 1 unspecified atom stereocenters. The van der Waals surface area contributed by atoms with E-state index in [0.29, 0.717) is 21.8 Å². The highest BCUT2D eigenvalue weighted by Crippen LogP contribution is 2.30. The van der Waals surface area contributed by atoms with Crippen LogP contribution in [0.3, 0.4) is 0 Å². The molecular weight excluding hydrogens is 339 g/mol. The van der Waals surface area contributed by atoms with Gasteiger partial charge in [-0.25, -0.2) is 9.40 Å². The van der Waals surface area contributed by atoms with Gasteiger partial charge in [-0.05, 0) is 24.0 Å². The monoisotopic (exact) mass is 354 g/mol. The number of thioether (sulfide) groups is 1. The molecule has 1 atom stereocenters. The summed E-state index contributed by atoms with van der Waals surface area (Å²) in [6.07, 6.45) is -0.584. The number of hydrogen-bond donors (Lipinski definition) is 1. The topological polar surface area (TPSA) is 57.1 Å². The first-order valence-electron chi connectivity index (χ1n) is 7.92. The van der Waals surface area contributed by atoms with Crippen LogP contribution in [0.1, 0.15) is 18.7 Å². The quantitative estimate of drug-likeness (QED) is 0.894. The smallest absolute Gasteiger partial charge is 0.276 e. The van der Waals surface area contributed by atoms with Crippen LogP contribution in [-0.4, -0.2) is 21.8 Å². The van der Waals surface area contributed by atoms with Crippen molar-refractivity contribution in [3.05, 3.63) is 70.5 Å². The number of nitrogens with one attached hydrogen (secondary N) is 1. The second-order valence-corrected chi connectivity index (χ2v) is 6.81. The molecule has 25 heavy (non-hydrogen) atoms. The lowest BCUT2D eigenvalue weighted by Crippen LogP contribution is -2.50. The maximum absolute atomic E-state index is 13.7. The number of hydrogen-bond acceptors (Lipinski definition) is 5. The molecule has 5 nitrogen and oxygen atoms in total. The summed E-state index contributed by atoms with van der Waals surface area (Å²) in [5, 5.41) is 10.9. The Morgan fingerprint density at radius 3 is 2.88 bits per heavy atom. The van der Waals surface area contributed by atoms with E-state index in [2.05, 4.69) is 10.4 Å². The van der Waals surface area contributed by atoms with Crippen LogP contribution in [0.4, 0.5) is 4.39 Å². The number of carbonyl (C=O) groups is 1.